The number of nitrogens with zero attached hydrogens (tertiary/aromatic N) is 3. The highest BCUT2D eigenvalue weighted by Gasteiger charge is 2.25. The van der Waals surface area contributed by atoms with Gasteiger partial charge in [-0.15, -0.1) is 0 Å². The number of ether oxygens (including phenoxy) is 2. The number of furan rings is 1. The molecule has 1 saturated heterocycles. The number of hydrogen-bond acceptors (Lipinski definition) is 5. The Hall–Kier alpha value is -3.77. The zero-order valence-electron chi connectivity index (χ0n) is 19.9. The van der Waals surface area contributed by atoms with Gasteiger partial charge in [-0.2, -0.15) is 5.10 Å². The molecule has 2 aromatic carbocycles. The molecule has 1 atom stereocenters. The van der Waals surface area contributed by atoms with E-state index in [1.165, 1.54) is 24.0 Å². The number of aromatic nitrogens is 2. The van der Waals surface area contributed by atoms with E-state index >= 15 is 0 Å². The van der Waals surface area contributed by atoms with E-state index in [0.717, 1.165) is 47.3 Å². The van der Waals surface area contributed by atoms with Gasteiger partial charge in [-0.1, -0.05) is 30.3 Å². The lowest BCUT2D eigenvalue weighted by atomic mass is 10.1. The lowest BCUT2D eigenvalue weighted by molar-refractivity contribution is 0.0857. The van der Waals surface area contributed by atoms with Crippen LogP contribution in [0.3, 0.4) is 0 Å². The van der Waals surface area contributed by atoms with Gasteiger partial charge in [0.1, 0.15) is 11.5 Å². The standard InChI is InChI=1S/C29H29N3O3/c1-21-7-5-15-31(21)19-24-18-30-32(28(24)26-10-6-16-33-26)25-13-11-23(12-14-25)29-27(34-20-35-29)17-22-8-3-2-4-9-22/h2-4,6,8-14,16,18,21H,5,7,15,17,19-20H2,1H3. The van der Waals surface area contributed by atoms with Gasteiger partial charge in [0.25, 0.3) is 0 Å². The Morgan fingerprint density at radius 2 is 1.83 bits per heavy atom. The lowest BCUT2D eigenvalue weighted by Gasteiger charge is -2.20. The Balaban J connectivity index is 1.30. The van der Waals surface area contributed by atoms with E-state index in [1.807, 2.05) is 41.2 Å². The first-order chi connectivity index (χ1) is 17.3. The SMILES string of the molecule is CC1CCCN1Cc1cnn(-c2ccc(C3=C(Cc4ccccc4)OCO3)cc2)c1-c1ccco1. The van der Waals surface area contributed by atoms with Crippen LogP contribution in [0, 0.1) is 0 Å². The molecule has 0 spiro atoms. The molecule has 2 aliphatic rings. The molecular weight excluding hydrogens is 438 g/mol. The molecule has 178 valence electrons. The van der Waals surface area contributed by atoms with E-state index in [0.29, 0.717) is 12.5 Å². The van der Waals surface area contributed by atoms with Crippen molar-refractivity contribution in [3.05, 3.63) is 102 Å². The Kier molecular flexibility index (Phi) is 5.88. The zero-order chi connectivity index (χ0) is 23.6. The summed E-state index contributed by atoms with van der Waals surface area (Å²) < 4.78 is 19.5. The minimum absolute atomic E-state index is 0.249. The number of rotatable bonds is 7. The summed E-state index contributed by atoms with van der Waals surface area (Å²) in [6.07, 6.45) is 6.90. The Bertz CT molecular complexity index is 1310. The maximum Gasteiger partial charge on any atom is 0.230 e. The van der Waals surface area contributed by atoms with Crippen molar-refractivity contribution >= 4 is 5.76 Å². The summed E-state index contributed by atoms with van der Waals surface area (Å²) in [5.74, 6) is 2.49. The molecule has 2 aromatic heterocycles. The van der Waals surface area contributed by atoms with Crippen molar-refractivity contribution in [2.24, 2.45) is 0 Å². The number of benzene rings is 2. The summed E-state index contributed by atoms with van der Waals surface area (Å²) in [7, 11) is 0. The summed E-state index contributed by atoms with van der Waals surface area (Å²) in [4.78, 5) is 2.52. The second kappa shape index (κ2) is 9.47. The first kappa shape index (κ1) is 21.7. The molecule has 0 bridgehead atoms. The summed E-state index contributed by atoms with van der Waals surface area (Å²) >= 11 is 0. The predicted molar refractivity (Wildman–Crippen MR) is 134 cm³/mol. The molecule has 4 aromatic rings. The Labute approximate surface area is 205 Å². The van der Waals surface area contributed by atoms with Crippen molar-refractivity contribution in [1.82, 2.24) is 14.7 Å². The minimum atomic E-state index is 0.249. The molecule has 6 heteroatoms. The summed E-state index contributed by atoms with van der Waals surface area (Å²) in [6, 6.07) is 23.1. The molecule has 0 aliphatic carbocycles. The van der Waals surface area contributed by atoms with Gasteiger partial charge in [0.15, 0.2) is 11.5 Å². The van der Waals surface area contributed by atoms with Crippen molar-refractivity contribution in [3.8, 4) is 17.1 Å². The van der Waals surface area contributed by atoms with E-state index in [9.17, 15) is 0 Å². The van der Waals surface area contributed by atoms with Crippen LogP contribution in [0.5, 0.6) is 0 Å². The van der Waals surface area contributed by atoms with Crippen LogP contribution < -0.4 is 0 Å². The topological polar surface area (TPSA) is 52.7 Å². The molecule has 4 heterocycles. The Morgan fingerprint density at radius 3 is 2.57 bits per heavy atom. The van der Waals surface area contributed by atoms with Crippen LogP contribution in [-0.4, -0.2) is 34.1 Å². The molecule has 0 saturated carbocycles. The van der Waals surface area contributed by atoms with Crippen molar-refractivity contribution in [3.63, 3.8) is 0 Å². The fraction of sp³-hybridized carbons (Fsp3) is 0.276. The first-order valence-corrected chi connectivity index (χ1v) is 12.2. The van der Waals surface area contributed by atoms with E-state index in [4.69, 9.17) is 19.0 Å². The third-order valence-corrected chi connectivity index (χ3v) is 6.93. The monoisotopic (exact) mass is 467 g/mol. The number of allylic oxidation sites excluding steroid dienone is 1. The zero-order valence-corrected chi connectivity index (χ0v) is 19.9. The van der Waals surface area contributed by atoms with Gasteiger partial charge in [-0.25, -0.2) is 4.68 Å². The summed E-state index contributed by atoms with van der Waals surface area (Å²) in [6.45, 7) is 4.55. The average Bonchev–Trinajstić information content (AvgIpc) is 3.69. The molecule has 2 aliphatic heterocycles. The van der Waals surface area contributed by atoms with Gasteiger partial charge >= 0.3 is 0 Å². The maximum absolute atomic E-state index is 5.86. The van der Waals surface area contributed by atoms with Crippen LogP contribution in [0.15, 0.2) is 89.4 Å². The predicted octanol–water partition coefficient (Wildman–Crippen LogP) is 6.03. The van der Waals surface area contributed by atoms with Gasteiger partial charge in [-0.3, -0.25) is 4.90 Å². The van der Waals surface area contributed by atoms with Crippen molar-refractivity contribution in [2.45, 2.75) is 38.8 Å². The van der Waals surface area contributed by atoms with Crippen molar-refractivity contribution in [1.29, 1.82) is 0 Å². The maximum atomic E-state index is 5.86. The number of likely N-dealkylation sites (tertiary alicyclic amines) is 1. The molecule has 35 heavy (non-hydrogen) atoms. The average molecular weight is 468 g/mol. The van der Waals surface area contributed by atoms with Crippen LogP contribution in [0.2, 0.25) is 0 Å². The van der Waals surface area contributed by atoms with E-state index in [-0.39, 0.29) is 6.79 Å². The number of hydrogen-bond donors (Lipinski definition) is 0. The van der Waals surface area contributed by atoms with Crippen LogP contribution in [0.25, 0.3) is 22.9 Å². The van der Waals surface area contributed by atoms with Gasteiger partial charge in [0.05, 0.1) is 18.1 Å². The summed E-state index contributed by atoms with van der Waals surface area (Å²) in [5.41, 5.74) is 5.35. The fourth-order valence-corrected chi connectivity index (χ4v) is 5.03. The van der Waals surface area contributed by atoms with E-state index < -0.39 is 0 Å². The highest BCUT2D eigenvalue weighted by Crippen LogP contribution is 2.32. The van der Waals surface area contributed by atoms with Gasteiger partial charge in [0.2, 0.25) is 6.79 Å². The smallest absolute Gasteiger partial charge is 0.230 e. The molecule has 6 nitrogen and oxygen atoms in total. The quantitative estimate of drug-likeness (QED) is 0.332. The van der Waals surface area contributed by atoms with Gasteiger partial charge in [0, 0.05) is 30.1 Å². The highest BCUT2D eigenvalue weighted by molar-refractivity contribution is 5.66. The fourth-order valence-electron chi connectivity index (χ4n) is 5.03. The van der Waals surface area contributed by atoms with Crippen LogP contribution in [0.4, 0.5) is 0 Å². The first-order valence-electron chi connectivity index (χ1n) is 12.2. The molecule has 0 N–H and O–H groups in total. The van der Waals surface area contributed by atoms with E-state index in [2.05, 4.69) is 48.2 Å². The molecule has 0 amide bonds. The van der Waals surface area contributed by atoms with Crippen molar-refractivity contribution < 1.29 is 13.9 Å². The molecule has 1 unspecified atom stereocenters. The highest BCUT2D eigenvalue weighted by atomic mass is 16.7. The van der Waals surface area contributed by atoms with Crippen LogP contribution in [-0.2, 0) is 22.4 Å². The second-order valence-corrected chi connectivity index (χ2v) is 9.24. The van der Waals surface area contributed by atoms with Crippen molar-refractivity contribution in [2.75, 3.05) is 13.3 Å². The lowest BCUT2D eigenvalue weighted by Crippen LogP contribution is -2.26. The Morgan fingerprint density at radius 1 is 0.971 bits per heavy atom. The van der Waals surface area contributed by atoms with Gasteiger partial charge < -0.3 is 13.9 Å². The molecule has 1 fully saturated rings. The normalized spacial score (nSPS) is 18.1. The summed E-state index contributed by atoms with van der Waals surface area (Å²) in [5, 5.41) is 4.77. The van der Waals surface area contributed by atoms with Crippen LogP contribution in [0.1, 0.15) is 36.5 Å². The van der Waals surface area contributed by atoms with Gasteiger partial charge in [-0.05, 0) is 68.3 Å². The third-order valence-electron chi connectivity index (χ3n) is 6.93. The largest absolute Gasteiger partial charge is 0.463 e. The molecule has 0 radical (unpaired) electrons. The second-order valence-electron chi connectivity index (χ2n) is 9.24. The third kappa shape index (κ3) is 4.37. The molecular formula is C29H29N3O3. The minimum Gasteiger partial charge on any atom is -0.463 e. The van der Waals surface area contributed by atoms with Crippen LogP contribution >= 0.6 is 0 Å². The molecule has 6 rings (SSSR count). The van der Waals surface area contributed by atoms with E-state index in [1.54, 1.807) is 6.26 Å².